The second kappa shape index (κ2) is 8.23. The monoisotopic (exact) mass is 464 g/mol. The van der Waals surface area contributed by atoms with Crippen LogP contribution in [0.1, 0.15) is 16.7 Å². The van der Waals surface area contributed by atoms with Gasteiger partial charge in [-0.2, -0.15) is 0 Å². The maximum absolute atomic E-state index is 6.56. The Balaban J connectivity index is 1.74. The Hall–Kier alpha value is -2.88. The number of methoxy groups -OCH3 is 2. The Bertz CT molecular complexity index is 1260. The zero-order valence-corrected chi connectivity index (χ0v) is 19.3. The summed E-state index contributed by atoms with van der Waals surface area (Å²) in [5.41, 5.74) is 2.78. The van der Waals surface area contributed by atoms with Crippen LogP contribution in [0.15, 0.2) is 72.8 Å². The minimum absolute atomic E-state index is 0.462. The summed E-state index contributed by atoms with van der Waals surface area (Å²) in [6.07, 6.45) is 0.745. The first kappa shape index (κ1) is 21.0. The van der Waals surface area contributed by atoms with E-state index in [0.29, 0.717) is 28.2 Å². The maximum atomic E-state index is 6.56. The SMILES string of the molecule is COc1ccc(C2(c3ccc(OC)c(Cl)c3)COc3ccc4ccccc4c3C2)cc1Cl. The number of hydrogen-bond donors (Lipinski definition) is 0. The van der Waals surface area contributed by atoms with Crippen molar-refractivity contribution in [3.8, 4) is 17.2 Å². The zero-order chi connectivity index (χ0) is 22.3. The number of rotatable bonds is 4. The average Bonchev–Trinajstić information content (AvgIpc) is 2.83. The highest BCUT2D eigenvalue weighted by molar-refractivity contribution is 6.32. The van der Waals surface area contributed by atoms with E-state index in [1.165, 1.54) is 16.3 Å². The van der Waals surface area contributed by atoms with Crippen LogP contribution in [-0.4, -0.2) is 20.8 Å². The average molecular weight is 465 g/mol. The fourth-order valence-corrected chi connectivity index (χ4v) is 5.17. The Morgan fingerprint density at radius 3 is 2.00 bits per heavy atom. The van der Waals surface area contributed by atoms with Gasteiger partial charge in [0.15, 0.2) is 0 Å². The molecular weight excluding hydrogens is 443 g/mol. The molecule has 4 aromatic rings. The van der Waals surface area contributed by atoms with E-state index < -0.39 is 5.41 Å². The van der Waals surface area contributed by atoms with E-state index in [-0.39, 0.29) is 0 Å². The molecule has 1 aliphatic heterocycles. The van der Waals surface area contributed by atoms with Gasteiger partial charge in [0.25, 0.3) is 0 Å². The van der Waals surface area contributed by atoms with Gasteiger partial charge in [0, 0.05) is 5.56 Å². The molecule has 0 bridgehead atoms. The molecular formula is C27H22Cl2O3. The van der Waals surface area contributed by atoms with Crippen LogP contribution >= 0.6 is 23.2 Å². The molecule has 0 saturated heterocycles. The molecule has 4 aromatic carbocycles. The van der Waals surface area contributed by atoms with Crippen LogP contribution in [-0.2, 0) is 11.8 Å². The summed E-state index contributed by atoms with van der Waals surface area (Å²) in [5, 5.41) is 3.50. The third kappa shape index (κ3) is 3.37. The van der Waals surface area contributed by atoms with E-state index in [1.807, 2.05) is 24.3 Å². The van der Waals surface area contributed by atoms with E-state index in [1.54, 1.807) is 14.2 Å². The molecule has 1 aliphatic rings. The van der Waals surface area contributed by atoms with Crippen LogP contribution in [0.25, 0.3) is 10.8 Å². The molecule has 0 atom stereocenters. The van der Waals surface area contributed by atoms with Crippen molar-refractivity contribution in [2.45, 2.75) is 11.8 Å². The van der Waals surface area contributed by atoms with Crippen LogP contribution in [0.5, 0.6) is 17.2 Å². The van der Waals surface area contributed by atoms with Crippen molar-refractivity contribution in [1.82, 2.24) is 0 Å². The lowest BCUT2D eigenvalue weighted by Crippen LogP contribution is -2.40. The van der Waals surface area contributed by atoms with Gasteiger partial charge in [-0.1, -0.05) is 65.7 Å². The van der Waals surface area contributed by atoms with Crippen molar-refractivity contribution >= 4 is 34.0 Å². The van der Waals surface area contributed by atoms with Crippen LogP contribution in [0.3, 0.4) is 0 Å². The molecule has 0 aliphatic carbocycles. The Labute approximate surface area is 197 Å². The number of fused-ring (bicyclic) bond motifs is 3. The first-order chi connectivity index (χ1) is 15.6. The summed E-state index contributed by atoms with van der Waals surface area (Å²) in [7, 11) is 3.23. The summed E-state index contributed by atoms with van der Waals surface area (Å²) in [5.74, 6) is 2.19. The van der Waals surface area contributed by atoms with Gasteiger partial charge in [-0.3, -0.25) is 0 Å². The van der Waals surface area contributed by atoms with Crippen molar-refractivity contribution < 1.29 is 14.2 Å². The van der Waals surface area contributed by atoms with E-state index in [2.05, 4.69) is 48.5 Å². The van der Waals surface area contributed by atoms with Crippen LogP contribution in [0.4, 0.5) is 0 Å². The van der Waals surface area contributed by atoms with Crippen molar-refractivity contribution in [1.29, 1.82) is 0 Å². The van der Waals surface area contributed by atoms with Gasteiger partial charge in [-0.15, -0.1) is 0 Å². The predicted octanol–water partition coefficient (Wildman–Crippen LogP) is 7.09. The van der Waals surface area contributed by atoms with Crippen molar-refractivity contribution in [3.05, 3.63) is 99.5 Å². The van der Waals surface area contributed by atoms with E-state index in [9.17, 15) is 0 Å². The van der Waals surface area contributed by atoms with Crippen LogP contribution in [0, 0.1) is 0 Å². The standard InChI is InChI=1S/C27H22Cl2O3/c1-30-25-11-8-18(13-22(25)28)27(19-9-12-26(31-2)23(29)14-19)15-21-20-6-4-3-5-17(20)7-10-24(21)32-16-27/h3-14H,15-16H2,1-2H3. The van der Waals surface area contributed by atoms with Gasteiger partial charge in [0.2, 0.25) is 0 Å². The third-order valence-corrected chi connectivity index (χ3v) is 6.95. The molecule has 0 saturated carbocycles. The molecule has 0 fully saturated rings. The molecule has 0 N–H and O–H groups in total. The minimum atomic E-state index is -0.483. The van der Waals surface area contributed by atoms with Crippen molar-refractivity contribution in [2.75, 3.05) is 20.8 Å². The molecule has 0 radical (unpaired) electrons. The highest BCUT2D eigenvalue weighted by Gasteiger charge is 2.41. The summed E-state index contributed by atoms with van der Waals surface area (Å²) in [6.45, 7) is 0.462. The quantitative estimate of drug-likeness (QED) is 0.322. The molecule has 3 nitrogen and oxygen atoms in total. The molecule has 0 unspecified atom stereocenters. The van der Waals surface area contributed by atoms with E-state index in [0.717, 1.165) is 23.3 Å². The molecule has 0 amide bonds. The largest absolute Gasteiger partial charge is 0.495 e. The van der Waals surface area contributed by atoms with Crippen LogP contribution < -0.4 is 14.2 Å². The molecule has 5 rings (SSSR count). The smallest absolute Gasteiger partial charge is 0.137 e. The predicted molar refractivity (Wildman–Crippen MR) is 130 cm³/mol. The highest BCUT2D eigenvalue weighted by atomic mass is 35.5. The minimum Gasteiger partial charge on any atom is -0.495 e. The number of halogens is 2. The van der Waals surface area contributed by atoms with E-state index in [4.69, 9.17) is 37.4 Å². The Morgan fingerprint density at radius 2 is 1.41 bits per heavy atom. The van der Waals surface area contributed by atoms with Gasteiger partial charge in [0.1, 0.15) is 23.9 Å². The van der Waals surface area contributed by atoms with Crippen LogP contribution in [0.2, 0.25) is 10.0 Å². The van der Waals surface area contributed by atoms with Gasteiger partial charge in [-0.25, -0.2) is 0 Å². The second-order valence-corrected chi connectivity index (χ2v) is 8.82. The Morgan fingerprint density at radius 1 is 0.781 bits per heavy atom. The normalized spacial score (nSPS) is 14.5. The lowest BCUT2D eigenvalue weighted by Gasteiger charge is -2.40. The first-order valence-corrected chi connectivity index (χ1v) is 11.1. The molecule has 5 heteroatoms. The summed E-state index contributed by atoms with van der Waals surface area (Å²) in [4.78, 5) is 0. The zero-order valence-electron chi connectivity index (χ0n) is 17.8. The third-order valence-electron chi connectivity index (χ3n) is 6.36. The number of hydrogen-bond acceptors (Lipinski definition) is 3. The summed E-state index contributed by atoms with van der Waals surface area (Å²) >= 11 is 13.1. The Kier molecular flexibility index (Phi) is 5.40. The topological polar surface area (TPSA) is 27.7 Å². The number of ether oxygens (including phenoxy) is 3. The lowest BCUT2D eigenvalue weighted by molar-refractivity contribution is 0.216. The first-order valence-electron chi connectivity index (χ1n) is 10.4. The van der Waals surface area contributed by atoms with Gasteiger partial charge >= 0.3 is 0 Å². The second-order valence-electron chi connectivity index (χ2n) is 8.01. The van der Waals surface area contributed by atoms with Gasteiger partial charge in [0.05, 0.1) is 29.7 Å². The fourth-order valence-electron chi connectivity index (χ4n) is 4.65. The number of benzene rings is 4. The highest BCUT2D eigenvalue weighted by Crippen LogP contribution is 2.46. The maximum Gasteiger partial charge on any atom is 0.137 e. The summed E-state index contributed by atoms with van der Waals surface area (Å²) in [6, 6.07) is 24.4. The van der Waals surface area contributed by atoms with Crippen molar-refractivity contribution in [3.63, 3.8) is 0 Å². The molecule has 0 spiro atoms. The molecule has 0 aromatic heterocycles. The molecule has 162 valence electrons. The van der Waals surface area contributed by atoms with Gasteiger partial charge in [-0.05, 0) is 58.7 Å². The lowest BCUT2D eigenvalue weighted by atomic mass is 9.69. The van der Waals surface area contributed by atoms with Gasteiger partial charge < -0.3 is 14.2 Å². The molecule has 32 heavy (non-hydrogen) atoms. The van der Waals surface area contributed by atoms with E-state index >= 15 is 0 Å². The summed E-state index contributed by atoms with van der Waals surface area (Å²) < 4.78 is 17.2. The van der Waals surface area contributed by atoms with Crippen molar-refractivity contribution in [2.24, 2.45) is 0 Å². The fraction of sp³-hybridized carbons (Fsp3) is 0.185. The molecule has 1 heterocycles.